The van der Waals surface area contributed by atoms with E-state index < -0.39 is 0 Å². The molecular formula is C8H18N2O4. The summed E-state index contributed by atoms with van der Waals surface area (Å²) in [5.41, 5.74) is 4.47. The number of aliphatic hydroxyl groups excluding tert-OH is 1. The third kappa shape index (κ3) is 30.7. The van der Waals surface area contributed by atoms with Gasteiger partial charge in [-0.1, -0.05) is 0 Å². The molecule has 6 nitrogen and oxygen atoms in total. The minimum absolute atomic E-state index is 0.0278. The van der Waals surface area contributed by atoms with Crippen molar-refractivity contribution in [2.75, 3.05) is 26.4 Å². The normalized spacial score (nSPS) is 8.50. The summed E-state index contributed by atoms with van der Waals surface area (Å²) in [4.78, 5) is 19.5. The molecule has 0 atom stereocenters. The van der Waals surface area contributed by atoms with E-state index in [1.165, 1.54) is 13.8 Å². The van der Waals surface area contributed by atoms with Crippen molar-refractivity contribution in [3.63, 3.8) is 0 Å². The number of hydrogen-bond donors (Lipinski definition) is 3. The van der Waals surface area contributed by atoms with E-state index in [2.05, 4.69) is 11.1 Å². The first-order valence-electron chi connectivity index (χ1n) is 4.19. The summed E-state index contributed by atoms with van der Waals surface area (Å²) >= 11 is 0. The van der Waals surface area contributed by atoms with Crippen LogP contribution in [0.15, 0.2) is 0 Å². The minimum Gasteiger partial charge on any atom is -0.394 e. The summed E-state index contributed by atoms with van der Waals surface area (Å²) in [6.07, 6.45) is 0. The first-order chi connectivity index (χ1) is 6.50. The predicted octanol–water partition coefficient (Wildman–Crippen LogP) is -1.38. The number of hydrogen-bond acceptors (Lipinski definition) is 4. The SMILES string of the molecule is CC(=O)NCCOCCO.CC(N)=O. The number of carbonyl (C=O) groups is 2. The van der Waals surface area contributed by atoms with Crippen LogP contribution >= 0.6 is 0 Å². The molecule has 0 radical (unpaired) electrons. The molecule has 0 aromatic heterocycles. The van der Waals surface area contributed by atoms with E-state index in [1.54, 1.807) is 0 Å². The zero-order chi connectivity index (χ0) is 11.4. The van der Waals surface area contributed by atoms with Crippen LogP contribution in [-0.2, 0) is 14.3 Å². The van der Waals surface area contributed by atoms with E-state index in [1.807, 2.05) is 0 Å². The van der Waals surface area contributed by atoms with E-state index >= 15 is 0 Å². The van der Waals surface area contributed by atoms with E-state index in [4.69, 9.17) is 9.84 Å². The third-order valence-corrected chi connectivity index (χ3v) is 0.856. The highest BCUT2D eigenvalue weighted by Crippen LogP contribution is 1.70. The van der Waals surface area contributed by atoms with Gasteiger partial charge in [0, 0.05) is 20.4 Å². The maximum atomic E-state index is 10.3. The van der Waals surface area contributed by atoms with Crippen LogP contribution in [-0.4, -0.2) is 43.3 Å². The fourth-order valence-electron chi connectivity index (χ4n) is 0.466. The van der Waals surface area contributed by atoms with Crippen molar-refractivity contribution >= 4 is 11.8 Å². The Bertz CT molecular complexity index is 157. The van der Waals surface area contributed by atoms with Gasteiger partial charge >= 0.3 is 0 Å². The molecular weight excluding hydrogens is 188 g/mol. The van der Waals surface area contributed by atoms with Crippen molar-refractivity contribution in [1.82, 2.24) is 5.32 Å². The fourth-order valence-corrected chi connectivity index (χ4v) is 0.466. The summed E-state index contributed by atoms with van der Waals surface area (Å²) in [5.74, 6) is -0.396. The van der Waals surface area contributed by atoms with Gasteiger partial charge in [-0.2, -0.15) is 0 Å². The molecule has 0 fully saturated rings. The molecule has 0 bridgehead atoms. The maximum absolute atomic E-state index is 10.3. The molecule has 2 amide bonds. The number of amides is 2. The molecule has 0 spiro atoms. The summed E-state index contributed by atoms with van der Waals surface area (Å²) < 4.78 is 4.87. The molecule has 0 aromatic rings. The van der Waals surface area contributed by atoms with Crippen LogP contribution in [0.3, 0.4) is 0 Å². The zero-order valence-corrected chi connectivity index (χ0v) is 8.58. The van der Waals surface area contributed by atoms with E-state index in [0.717, 1.165) is 0 Å². The van der Waals surface area contributed by atoms with Gasteiger partial charge in [0.15, 0.2) is 0 Å². The molecule has 0 rings (SSSR count). The Labute approximate surface area is 83.4 Å². The lowest BCUT2D eigenvalue weighted by atomic mass is 10.6. The number of nitrogens with two attached hydrogens (primary N) is 1. The van der Waals surface area contributed by atoms with Gasteiger partial charge in [0.1, 0.15) is 0 Å². The monoisotopic (exact) mass is 206 g/mol. The first-order valence-corrected chi connectivity index (χ1v) is 4.19. The highest BCUT2D eigenvalue weighted by atomic mass is 16.5. The van der Waals surface area contributed by atoms with Crippen LogP contribution in [0.1, 0.15) is 13.8 Å². The molecule has 0 unspecified atom stereocenters. The number of carbonyl (C=O) groups excluding carboxylic acids is 2. The Kier molecular flexibility index (Phi) is 13.0. The summed E-state index contributed by atoms with van der Waals surface area (Å²) in [6, 6.07) is 0. The van der Waals surface area contributed by atoms with E-state index in [9.17, 15) is 9.59 Å². The second-order valence-electron chi connectivity index (χ2n) is 2.43. The van der Waals surface area contributed by atoms with Gasteiger partial charge in [0.25, 0.3) is 0 Å². The fraction of sp³-hybridized carbons (Fsp3) is 0.750. The molecule has 6 heteroatoms. The van der Waals surface area contributed by atoms with Crippen LogP contribution in [0.25, 0.3) is 0 Å². The lowest BCUT2D eigenvalue weighted by Crippen LogP contribution is -2.24. The third-order valence-electron chi connectivity index (χ3n) is 0.856. The Hall–Kier alpha value is -1.14. The van der Waals surface area contributed by atoms with Crippen molar-refractivity contribution < 1.29 is 19.4 Å². The molecule has 0 aliphatic carbocycles. The Morgan fingerprint density at radius 2 is 1.86 bits per heavy atom. The molecule has 0 saturated heterocycles. The standard InChI is InChI=1S/C6H13NO3.C2H5NO/c1-6(9)7-2-4-10-5-3-8;1-2(3)4/h8H,2-5H2,1H3,(H,7,9);1H3,(H2,3,4). The van der Waals surface area contributed by atoms with Gasteiger partial charge in [0.05, 0.1) is 19.8 Å². The van der Waals surface area contributed by atoms with Crippen molar-refractivity contribution in [2.24, 2.45) is 5.73 Å². The Morgan fingerprint density at radius 3 is 2.21 bits per heavy atom. The predicted molar refractivity (Wildman–Crippen MR) is 51.5 cm³/mol. The second-order valence-corrected chi connectivity index (χ2v) is 2.43. The Balaban J connectivity index is 0. The quantitative estimate of drug-likeness (QED) is 0.483. The number of ether oxygens (including phenoxy) is 1. The van der Waals surface area contributed by atoms with Crippen molar-refractivity contribution in [2.45, 2.75) is 13.8 Å². The molecule has 0 aliphatic heterocycles. The lowest BCUT2D eigenvalue weighted by molar-refractivity contribution is -0.119. The molecule has 14 heavy (non-hydrogen) atoms. The number of primary amides is 1. The zero-order valence-electron chi connectivity index (χ0n) is 8.58. The van der Waals surface area contributed by atoms with E-state index in [0.29, 0.717) is 19.8 Å². The second kappa shape index (κ2) is 11.9. The van der Waals surface area contributed by atoms with Crippen molar-refractivity contribution in [1.29, 1.82) is 0 Å². The maximum Gasteiger partial charge on any atom is 0.216 e. The van der Waals surface area contributed by atoms with Crippen LogP contribution in [0, 0.1) is 0 Å². The summed E-state index contributed by atoms with van der Waals surface area (Å²) in [6.45, 7) is 4.08. The molecule has 84 valence electrons. The number of aliphatic hydroxyl groups is 1. The average molecular weight is 206 g/mol. The molecule has 0 saturated carbocycles. The van der Waals surface area contributed by atoms with Crippen LogP contribution in [0.2, 0.25) is 0 Å². The highest BCUT2D eigenvalue weighted by Gasteiger charge is 1.88. The first kappa shape index (κ1) is 15.3. The van der Waals surface area contributed by atoms with Crippen molar-refractivity contribution in [3.8, 4) is 0 Å². The van der Waals surface area contributed by atoms with Crippen LogP contribution < -0.4 is 11.1 Å². The highest BCUT2D eigenvalue weighted by molar-refractivity contribution is 5.72. The summed E-state index contributed by atoms with van der Waals surface area (Å²) in [5, 5.41) is 10.8. The largest absolute Gasteiger partial charge is 0.394 e. The lowest BCUT2D eigenvalue weighted by Gasteiger charge is -2.01. The number of nitrogens with one attached hydrogen (secondary N) is 1. The molecule has 0 aliphatic rings. The van der Waals surface area contributed by atoms with Gasteiger partial charge in [-0.3, -0.25) is 9.59 Å². The molecule has 4 N–H and O–H groups in total. The van der Waals surface area contributed by atoms with Crippen molar-refractivity contribution in [3.05, 3.63) is 0 Å². The van der Waals surface area contributed by atoms with Crippen LogP contribution in [0.4, 0.5) is 0 Å². The van der Waals surface area contributed by atoms with Crippen LogP contribution in [0.5, 0.6) is 0 Å². The van der Waals surface area contributed by atoms with Gasteiger partial charge in [-0.25, -0.2) is 0 Å². The van der Waals surface area contributed by atoms with E-state index in [-0.39, 0.29) is 18.4 Å². The smallest absolute Gasteiger partial charge is 0.216 e. The van der Waals surface area contributed by atoms with Gasteiger partial charge < -0.3 is 20.9 Å². The topological polar surface area (TPSA) is 102 Å². The van der Waals surface area contributed by atoms with Gasteiger partial charge in [0.2, 0.25) is 11.8 Å². The van der Waals surface area contributed by atoms with Gasteiger partial charge in [-0.15, -0.1) is 0 Å². The Morgan fingerprint density at radius 1 is 1.36 bits per heavy atom. The number of rotatable bonds is 5. The van der Waals surface area contributed by atoms with Gasteiger partial charge in [-0.05, 0) is 0 Å². The molecule has 0 heterocycles. The minimum atomic E-state index is -0.333. The molecule has 0 aromatic carbocycles. The average Bonchev–Trinajstić information content (AvgIpc) is 2.02. The summed E-state index contributed by atoms with van der Waals surface area (Å²) in [7, 11) is 0.